The van der Waals surface area contributed by atoms with Crippen molar-refractivity contribution in [2.24, 2.45) is 20.5 Å². The fourth-order valence-corrected chi connectivity index (χ4v) is 6.54. The molecule has 0 saturated heterocycles. The third-order valence-electron chi connectivity index (χ3n) is 8.02. The molecule has 3 aromatic heterocycles. The lowest BCUT2D eigenvalue weighted by Crippen LogP contribution is -2.09. The molecule has 0 bridgehead atoms. The quantitative estimate of drug-likeness (QED) is 0.136. The molecule has 54 heavy (non-hydrogen) atoms. The number of nitrogen functional groups attached to an aromatic ring is 2. The molecule has 0 saturated carbocycles. The SMILES string of the molecule is CS(=O)(=O)c1ccc(/N=N/c2c(-c3ccccc3)nn(-c3cc(-n4nc(-c5ccccc5)c(/N=N/c5ccc(S(C)(=O)=O)cc5)c4N)ncn3)c2N)cc1. The normalized spacial score (nSPS) is 12.2. The summed E-state index contributed by atoms with van der Waals surface area (Å²) in [5.41, 5.74) is 16.9. The van der Waals surface area contributed by atoms with Gasteiger partial charge in [0, 0.05) is 29.7 Å². The average Bonchev–Trinajstić information content (AvgIpc) is 3.69. The van der Waals surface area contributed by atoms with Crippen LogP contribution in [0, 0.1) is 0 Å². The van der Waals surface area contributed by atoms with Gasteiger partial charge >= 0.3 is 0 Å². The van der Waals surface area contributed by atoms with Gasteiger partial charge in [0.25, 0.3) is 0 Å². The maximum Gasteiger partial charge on any atom is 0.175 e. The zero-order valence-electron chi connectivity index (χ0n) is 28.6. The van der Waals surface area contributed by atoms with Crippen LogP contribution in [0.3, 0.4) is 0 Å². The van der Waals surface area contributed by atoms with Gasteiger partial charge in [-0.25, -0.2) is 26.8 Å². The standard InChI is InChI=1S/C36H30N12O4S2/c1-53(49,50)27-17-13-25(14-18-27)41-43-33-31(23-9-5-3-6-10-23)45-47(35(33)37)29-21-30(40-22-39-29)48-36(38)34(32(46-48)24-11-7-4-8-12-24)44-42-26-15-19-28(20-16-26)54(2,51)52/h3-22H,37-38H2,1-2H3/b43-41+,44-42+. The van der Waals surface area contributed by atoms with Crippen LogP contribution in [0.5, 0.6) is 0 Å². The van der Waals surface area contributed by atoms with Gasteiger partial charge in [-0.2, -0.15) is 29.8 Å². The third-order valence-corrected chi connectivity index (χ3v) is 10.3. The van der Waals surface area contributed by atoms with Crippen molar-refractivity contribution in [2.45, 2.75) is 9.79 Å². The number of hydrogen-bond acceptors (Lipinski definition) is 14. The van der Waals surface area contributed by atoms with Crippen molar-refractivity contribution >= 4 is 54.1 Å². The Labute approximate surface area is 309 Å². The lowest BCUT2D eigenvalue weighted by atomic mass is 10.1. The molecule has 0 spiro atoms. The number of rotatable bonds is 10. The first kappa shape index (κ1) is 35.5. The highest BCUT2D eigenvalue weighted by atomic mass is 32.2. The summed E-state index contributed by atoms with van der Waals surface area (Å²) in [5, 5.41) is 27.0. The van der Waals surface area contributed by atoms with Crippen LogP contribution in [0.15, 0.2) is 152 Å². The topological polar surface area (TPSA) is 231 Å². The summed E-state index contributed by atoms with van der Waals surface area (Å²) in [4.78, 5) is 9.16. The van der Waals surface area contributed by atoms with Crippen LogP contribution in [0.1, 0.15) is 0 Å². The van der Waals surface area contributed by atoms with Crippen LogP contribution in [0.2, 0.25) is 0 Å². The molecule has 7 rings (SSSR count). The van der Waals surface area contributed by atoms with E-state index in [0.29, 0.717) is 33.9 Å². The van der Waals surface area contributed by atoms with Crippen molar-refractivity contribution < 1.29 is 16.8 Å². The molecule has 16 nitrogen and oxygen atoms in total. The molecule has 0 fully saturated rings. The van der Waals surface area contributed by atoms with Crippen LogP contribution in [-0.2, 0) is 19.7 Å². The number of benzene rings is 4. The van der Waals surface area contributed by atoms with Gasteiger partial charge in [-0.05, 0) is 48.5 Å². The van der Waals surface area contributed by atoms with Gasteiger partial charge in [-0.15, -0.1) is 10.2 Å². The second-order valence-corrected chi connectivity index (χ2v) is 15.9. The van der Waals surface area contributed by atoms with E-state index in [1.807, 2.05) is 60.7 Å². The summed E-state index contributed by atoms with van der Waals surface area (Å²) >= 11 is 0. The minimum Gasteiger partial charge on any atom is -0.382 e. The summed E-state index contributed by atoms with van der Waals surface area (Å²) in [5.74, 6) is 0.757. The monoisotopic (exact) mass is 758 g/mol. The Hall–Kier alpha value is -6.92. The van der Waals surface area contributed by atoms with Crippen molar-refractivity contribution in [1.29, 1.82) is 0 Å². The molecule has 3 heterocycles. The smallest absolute Gasteiger partial charge is 0.175 e. The Morgan fingerprint density at radius 3 is 1.24 bits per heavy atom. The highest BCUT2D eigenvalue weighted by molar-refractivity contribution is 7.91. The zero-order chi connectivity index (χ0) is 38.0. The minimum atomic E-state index is -3.38. The van der Waals surface area contributed by atoms with Crippen molar-refractivity contribution in [1.82, 2.24) is 29.5 Å². The molecule has 0 unspecified atom stereocenters. The van der Waals surface area contributed by atoms with Crippen LogP contribution in [0.4, 0.5) is 34.4 Å². The molecule has 270 valence electrons. The first-order chi connectivity index (χ1) is 25.9. The number of sulfone groups is 2. The van der Waals surface area contributed by atoms with Crippen molar-refractivity contribution in [3.8, 4) is 34.2 Å². The van der Waals surface area contributed by atoms with E-state index in [4.69, 9.17) is 21.7 Å². The molecule has 0 aliphatic heterocycles. The Balaban J connectivity index is 1.29. The van der Waals surface area contributed by atoms with Gasteiger partial charge in [0.05, 0.1) is 21.2 Å². The summed E-state index contributed by atoms with van der Waals surface area (Å²) < 4.78 is 50.4. The number of azo groups is 2. The summed E-state index contributed by atoms with van der Waals surface area (Å²) in [6, 6.07) is 32.1. The van der Waals surface area contributed by atoms with Crippen molar-refractivity contribution in [2.75, 3.05) is 24.0 Å². The number of nitrogens with zero attached hydrogens (tertiary/aromatic N) is 10. The largest absolute Gasteiger partial charge is 0.382 e. The molecule has 0 radical (unpaired) electrons. The molecule has 0 atom stereocenters. The van der Waals surface area contributed by atoms with E-state index in [-0.39, 0.29) is 44.4 Å². The second-order valence-electron chi connectivity index (χ2n) is 11.9. The van der Waals surface area contributed by atoms with Gasteiger partial charge in [0.15, 0.2) is 54.3 Å². The van der Waals surface area contributed by atoms with Crippen LogP contribution >= 0.6 is 0 Å². The molecular formula is C36H30N12O4S2. The molecule has 7 aromatic rings. The number of anilines is 2. The number of hydrogen-bond donors (Lipinski definition) is 2. The van der Waals surface area contributed by atoms with Crippen molar-refractivity contribution in [3.63, 3.8) is 0 Å². The minimum absolute atomic E-state index is 0.116. The Morgan fingerprint density at radius 1 is 0.519 bits per heavy atom. The van der Waals surface area contributed by atoms with E-state index >= 15 is 0 Å². The molecular weight excluding hydrogens is 729 g/mol. The summed E-state index contributed by atoms with van der Waals surface area (Å²) in [6.07, 6.45) is 3.57. The van der Waals surface area contributed by atoms with E-state index in [2.05, 4.69) is 30.4 Å². The lowest BCUT2D eigenvalue weighted by molar-refractivity contribution is 0.600. The second kappa shape index (κ2) is 14.2. The molecule has 18 heteroatoms. The third kappa shape index (κ3) is 7.36. The fourth-order valence-electron chi connectivity index (χ4n) is 5.28. The molecule has 0 amide bonds. The summed E-state index contributed by atoms with van der Waals surface area (Å²) in [7, 11) is -6.77. The van der Waals surface area contributed by atoms with Crippen molar-refractivity contribution in [3.05, 3.63) is 122 Å². The maximum absolute atomic E-state index is 11.9. The van der Waals surface area contributed by atoms with E-state index in [9.17, 15) is 16.8 Å². The van der Waals surface area contributed by atoms with Gasteiger partial charge in [0.2, 0.25) is 0 Å². The highest BCUT2D eigenvalue weighted by Crippen LogP contribution is 2.39. The average molecular weight is 759 g/mol. The first-order valence-corrected chi connectivity index (χ1v) is 19.8. The van der Waals surface area contributed by atoms with E-state index in [0.717, 1.165) is 12.5 Å². The van der Waals surface area contributed by atoms with E-state index in [1.165, 1.54) is 40.0 Å². The Kier molecular flexibility index (Phi) is 9.36. The summed E-state index contributed by atoms with van der Waals surface area (Å²) in [6.45, 7) is 0. The molecule has 0 aliphatic rings. The van der Waals surface area contributed by atoms with Gasteiger partial charge < -0.3 is 11.5 Å². The zero-order valence-corrected chi connectivity index (χ0v) is 30.3. The molecule has 4 N–H and O–H groups in total. The predicted octanol–water partition coefficient (Wildman–Crippen LogP) is 6.98. The van der Waals surface area contributed by atoms with Crippen LogP contribution in [-0.4, -0.2) is 58.9 Å². The molecule has 4 aromatic carbocycles. The first-order valence-electron chi connectivity index (χ1n) is 16.0. The van der Waals surface area contributed by atoms with Gasteiger partial charge in [-0.3, -0.25) is 0 Å². The fraction of sp³-hybridized carbons (Fsp3) is 0.0556. The molecule has 0 aliphatic carbocycles. The highest BCUT2D eigenvalue weighted by Gasteiger charge is 2.23. The van der Waals surface area contributed by atoms with Gasteiger partial charge in [0.1, 0.15) is 17.7 Å². The van der Waals surface area contributed by atoms with E-state index in [1.54, 1.807) is 30.3 Å². The predicted molar refractivity (Wildman–Crippen MR) is 203 cm³/mol. The lowest BCUT2D eigenvalue weighted by Gasteiger charge is -2.06. The van der Waals surface area contributed by atoms with Crippen LogP contribution in [0.25, 0.3) is 34.2 Å². The number of nitrogens with two attached hydrogens (primary N) is 2. The Bertz CT molecular complexity index is 2580. The van der Waals surface area contributed by atoms with Gasteiger partial charge in [-0.1, -0.05) is 60.7 Å². The Morgan fingerprint density at radius 2 is 0.889 bits per heavy atom. The maximum atomic E-state index is 11.9. The van der Waals surface area contributed by atoms with E-state index < -0.39 is 19.7 Å². The number of aromatic nitrogens is 6. The van der Waals surface area contributed by atoms with Crippen LogP contribution < -0.4 is 11.5 Å².